The van der Waals surface area contributed by atoms with E-state index >= 15 is 0 Å². The van der Waals surface area contributed by atoms with Crippen molar-refractivity contribution in [1.29, 1.82) is 0 Å². The van der Waals surface area contributed by atoms with Crippen LogP contribution in [-0.4, -0.2) is 4.98 Å². The minimum atomic E-state index is -3.22. The van der Waals surface area contributed by atoms with Crippen molar-refractivity contribution in [2.75, 3.05) is 5.73 Å². The first kappa shape index (κ1) is 8.76. The molecule has 6 heteroatoms. The van der Waals surface area contributed by atoms with E-state index in [1.54, 1.807) is 0 Å². The monoisotopic (exact) mass is 180 g/mol. The molecule has 0 spiro atoms. The fourth-order valence-corrected chi connectivity index (χ4v) is 0.706. The molecule has 1 heterocycles. The van der Waals surface area contributed by atoms with E-state index in [9.17, 15) is 17.6 Å². The Balaban J connectivity index is 3.28. The molecule has 0 unspecified atom stereocenters. The van der Waals surface area contributed by atoms with Crippen LogP contribution in [0.15, 0.2) is 6.07 Å². The molecule has 2 N–H and O–H groups in total. The number of nitrogens with two attached hydrogens (primary N) is 1. The summed E-state index contributed by atoms with van der Waals surface area (Å²) in [6.45, 7) is 0. The van der Waals surface area contributed by atoms with Crippen molar-refractivity contribution in [3.05, 3.63) is 23.4 Å². The molecule has 0 aromatic carbocycles. The molecule has 66 valence electrons. The van der Waals surface area contributed by atoms with Crippen LogP contribution in [0, 0.1) is 11.8 Å². The van der Waals surface area contributed by atoms with E-state index in [-0.39, 0.29) is 0 Å². The van der Waals surface area contributed by atoms with Gasteiger partial charge in [-0.15, -0.1) is 0 Å². The number of hydrogen-bond donors (Lipinski definition) is 1. The Morgan fingerprint density at radius 3 is 2.33 bits per heavy atom. The maximum atomic E-state index is 12.5. The maximum absolute atomic E-state index is 12.5. The highest BCUT2D eigenvalue weighted by atomic mass is 19.3. The van der Waals surface area contributed by atoms with Gasteiger partial charge in [0, 0.05) is 6.07 Å². The molecule has 0 saturated heterocycles. The Hall–Kier alpha value is -1.33. The number of anilines is 1. The molecule has 0 aliphatic rings. The highest BCUT2D eigenvalue weighted by molar-refractivity contribution is 5.32. The van der Waals surface area contributed by atoms with Gasteiger partial charge in [-0.05, 0) is 0 Å². The van der Waals surface area contributed by atoms with Gasteiger partial charge in [-0.3, -0.25) is 0 Å². The molecule has 1 aromatic heterocycles. The van der Waals surface area contributed by atoms with E-state index < -0.39 is 29.6 Å². The number of nitrogen functional groups attached to an aromatic ring is 1. The Morgan fingerprint density at radius 1 is 1.33 bits per heavy atom. The van der Waals surface area contributed by atoms with Gasteiger partial charge in [0.1, 0.15) is 17.2 Å². The maximum Gasteiger partial charge on any atom is 0.271 e. The van der Waals surface area contributed by atoms with Gasteiger partial charge < -0.3 is 5.73 Å². The van der Waals surface area contributed by atoms with Crippen LogP contribution in [0.2, 0.25) is 0 Å². The third-order valence-corrected chi connectivity index (χ3v) is 1.20. The second-order valence-corrected chi connectivity index (χ2v) is 2.03. The van der Waals surface area contributed by atoms with Crippen LogP contribution in [0.5, 0.6) is 0 Å². The van der Waals surface area contributed by atoms with Gasteiger partial charge in [0.25, 0.3) is 6.43 Å². The lowest BCUT2D eigenvalue weighted by Gasteiger charge is -2.02. The normalized spacial score (nSPS) is 10.8. The van der Waals surface area contributed by atoms with E-state index in [0.717, 1.165) is 0 Å². The molecule has 1 aromatic rings. The summed E-state index contributed by atoms with van der Waals surface area (Å²) in [4.78, 5) is 2.85. The van der Waals surface area contributed by atoms with E-state index in [4.69, 9.17) is 5.73 Å². The highest BCUT2D eigenvalue weighted by Crippen LogP contribution is 2.24. The average molecular weight is 180 g/mol. The Morgan fingerprint density at radius 2 is 1.92 bits per heavy atom. The molecule has 12 heavy (non-hydrogen) atoms. The number of rotatable bonds is 1. The lowest BCUT2D eigenvalue weighted by molar-refractivity contribution is 0.139. The molecule has 0 aliphatic heterocycles. The van der Waals surface area contributed by atoms with Crippen LogP contribution in [0.4, 0.5) is 23.4 Å². The van der Waals surface area contributed by atoms with Gasteiger partial charge in [0.05, 0.1) is 0 Å². The minimum Gasteiger partial charge on any atom is -0.384 e. The molecule has 0 saturated carbocycles. The van der Waals surface area contributed by atoms with Crippen molar-refractivity contribution in [1.82, 2.24) is 4.98 Å². The van der Waals surface area contributed by atoms with Crippen LogP contribution < -0.4 is 5.73 Å². The van der Waals surface area contributed by atoms with Crippen molar-refractivity contribution in [3.8, 4) is 0 Å². The third-order valence-electron chi connectivity index (χ3n) is 1.20. The van der Waals surface area contributed by atoms with Crippen molar-refractivity contribution in [2.24, 2.45) is 0 Å². The van der Waals surface area contributed by atoms with Crippen LogP contribution in [0.25, 0.3) is 0 Å². The third kappa shape index (κ3) is 1.46. The zero-order valence-corrected chi connectivity index (χ0v) is 5.69. The van der Waals surface area contributed by atoms with Crippen LogP contribution >= 0.6 is 0 Å². The second-order valence-electron chi connectivity index (χ2n) is 2.03. The number of aromatic nitrogens is 1. The summed E-state index contributed by atoms with van der Waals surface area (Å²) in [6, 6.07) is 0.546. The summed E-state index contributed by atoms with van der Waals surface area (Å²) in [6.07, 6.45) is -3.22. The Kier molecular flexibility index (Phi) is 2.16. The zero-order chi connectivity index (χ0) is 9.30. The number of nitrogens with zero attached hydrogens (tertiary/aromatic N) is 1. The predicted molar refractivity (Wildman–Crippen MR) is 33.5 cm³/mol. The largest absolute Gasteiger partial charge is 0.384 e. The SMILES string of the molecule is Nc1cc(F)c(C(F)F)c(F)n1. The summed E-state index contributed by atoms with van der Waals surface area (Å²) in [5.41, 5.74) is 3.55. The highest BCUT2D eigenvalue weighted by Gasteiger charge is 2.20. The first-order valence-electron chi connectivity index (χ1n) is 2.92. The molecule has 0 bridgehead atoms. The molecule has 1 rings (SSSR count). The van der Waals surface area contributed by atoms with Crippen LogP contribution in [0.3, 0.4) is 0 Å². The Bertz CT molecular complexity index is 277. The van der Waals surface area contributed by atoms with Gasteiger partial charge in [-0.2, -0.15) is 4.39 Å². The summed E-state index contributed by atoms with van der Waals surface area (Å²) >= 11 is 0. The Labute approximate surface area is 65.0 Å². The number of halogens is 4. The molecule has 2 nitrogen and oxygen atoms in total. The number of hydrogen-bond acceptors (Lipinski definition) is 2. The van der Waals surface area contributed by atoms with E-state index in [1.165, 1.54) is 0 Å². The first-order valence-corrected chi connectivity index (χ1v) is 2.92. The number of alkyl halides is 2. The van der Waals surface area contributed by atoms with Crippen molar-refractivity contribution in [3.63, 3.8) is 0 Å². The molecule has 0 radical (unpaired) electrons. The summed E-state index contributed by atoms with van der Waals surface area (Å²) in [7, 11) is 0. The summed E-state index contributed by atoms with van der Waals surface area (Å²) in [5, 5.41) is 0. The zero-order valence-electron chi connectivity index (χ0n) is 5.69. The van der Waals surface area contributed by atoms with Crippen molar-refractivity contribution in [2.45, 2.75) is 6.43 Å². The fraction of sp³-hybridized carbons (Fsp3) is 0.167. The van der Waals surface area contributed by atoms with Gasteiger partial charge in [-0.1, -0.05) is 0 Å². The average Bonchev–Trinajstić information content (AvgIpc) is 1.82. The molecule has 0 aliphatic carbocycles. The lowest BCUT2D eigenvalue weighted by Crippen LogP contribution is -2.02. The quantitative estimate of drug-likeness (QED) is 0.529. The standard InChI is InChI=1S/C6H4F4N2/c7-2-1-3(11)12-6(10)4(2)5(8)9/h1,5H,(H2,11,12). The van der Waals surface area contributed by atoms with Crippen LogP contribution in [0.1, 0.15) is 12.0 Å². The fourth-order valence-electron chi connectivity index (χ4n) is 0.706. The van der Waals surface area contributed by atoms with Gasteiger partial charge in [-0.25, -0.2) is 18.2 Å². The molecule has 0 atom stereocenters. The predicted octanol–water partition coefficient (Wildman–Crippen LogP) is 1.88. The summed E-state index contributed by atoms with van der Waals surface area (Å²) < 4.78 is 48.7. The van der Waals surface area contributed by atoms with Gasteiger partial charge in [0.2, 0.25) is 5.95 Å². The van der Waals surface area contributed by atoms with E-state index in [0.29, 0.717) is 6.07 Å². The first-order chi connectivity index (χ1) is 5.52. The van der Waals surface area contributed by atoms with Crippen molar-refractivity contribution < 1.29 is 17.6 Å². The lowest BCUT2D eigenvalue weighted by atomic mass is 10.2. The molecular formula is C6H4F4N2. The molecule has 0 amide bonds. The number of pyridine rings is 1. The van der Waals surface area contributed by atoms with Crippen molar-refractivity contribution >= 4 is 5.82 Å². The smallest absolute Gasteiger partial charge is 0.271 e. The minimum absolute atomic E-state index is 0.464. The molecular weight excluding hydrogens is 176 g/mol. The van der Waals surface area contributed by atoms with E-state index in [2.05, 4.69) is 4.98 Å². The second kappa shape index (κ2) is 2.96. The topological polar surface area (TPSA) is 38.9 Å². The van der Waals surface area contributed by atoms with Crippen LogP contribution in [-0.2, 0) is 0 Å². The molecule has 0 fully saturated rings. The van der Waals surface area contributed by atoms with Gasteiger partial charge in [0.15, 0.2) is 0 Å². The van der Waals surface area contributed by atoms with Gasteiger partial charge >= 0.3 is 0 Å². The van der Waals surface area contributed by atoms with E-state index in [1.807, 2.05) is 0 Å². The summed E-state index contributed by atoms with van der Waals surface area (Å²) in [5.74, 6) is -3.41.